The van der Waals surface area contributed by atoms with Gasteiger partial charge in [0.05, 0.1) is 6.61 Å². The normalized spacial score (nSPS) is 11.4. The number of carbonyl (C=O) groups is 1. The van der Waals surface area contributed by atoms with Crippen LogP contribution in [0, 0.1) is 12.8 Å². The topological polar surface area (TPSA) is 50.4 Å². The van der Waals surface area contributed by atoms with E-state index in [1.165, 1.54) is 5.56 Å². The molecule has 1 aromatic carbocycles. The number of carbonyl (C=O) groups excluding carboxylic acids is 1. The van der Waals surface area contributed by atoms with E-state index >= 15 is 0 Å². The molecule has 1 unspecified atom stereocenters. The smallest absolute Gasteiger partial charge is 0.224 e. The molecule has 1 amide bonds. The second-order valence-electron chi connectivity index (χ2n) is 5.12. The summed E-state index contributed by atoms with van der Waals surface area (Å²) < 4.78 is 5.63. The molecule has 0 radical (unpaired) electrons. The van der Waals surface area contributed by atoms with E-state index in [1.807, 2.05) is 38.2 Å². The molecule has 5 heteroatoms. The molecule has 1 aromatic rings. The van der Waals surface area contributed by atoms with Crippen molar-refractivity contribution in [3.63, 3.8) is 0 Å². The van der Waals surface area contributed by atoms with Gasteiger partial charge in [0.25, 0.3) is 0 Å². The number of nitrogens with one attached hydrogen (secondary N) is 2. The summed E-state index contributed by atoms with van der Waals surface area (Å²) in [5.74, 6) is 1.03. The summed E-state index contributed by atoms with van der Waals surface area (Å²) in [4.78, 5) is 11.6. The van der Waals surface area contributed by atoms with Gasteiger partial charge in [0, 0.05) is 19.0 Å². The van der Waals surface area contributed by atoms with Crippen LogP contribution < -0.4 is 15.4 Å². The molecule has 0 aliphatic carbocycles. The van der Waals surface area contributed by atoms with Gasteiger partial charge in [-0.25, -0.2) is 0 Å². The van der Waals surface area contributed by atoms with Gasteiger partial charge in [-0.3, -0.25) is 4.79 Å². The van der Waals surface area contributed by atoms with Crippen LogP contribution in [0.3, 0.4) is 0 Å². The molecule has 0 aromatic heterocycles. The van der Waals surface area contributed by atoms with E-state index in [-0.39, 0.29) is 24.2 Å². The highest BCUT2D eigenvalue weighted by atomic mass is 35.5. The minimum Gasteiger partial charge on any atom is -0.494 e. The predicted molar refractivity (Wildman–Crippen MR) is 89.3 cm³/mol. The maximum Gasteiger partial charge on any atom is 0.224 e. The summed E-state index contributed by atoms with van der Waals surface area (Å²) in [5.41, 5.74) is 1.23. The van der Waals surface area contributed by atoms with Gasteiger partial charge in [-0.2, -0.15) is 0 Å². The Labute approximate surface area is 134 Å². The Morgan fingerprint density at radius 2 is 1.90 bits per heavy atom. The zero-order valence-electron chi connectivity index (χ0n) is 13.1. The van der Waals surface area contributed by atoms with Crippen molar-refractivity contribution in [2.24, 2.45) is 5.92 Å². The van der Waals surface area contributed by atoms with E-state index in [1.54, 1.807) is 0 Å². The molecule has 2 N–H and O–H groups in total. The van der Waals surface area contributed by atoms with E-state index < -0.39 is 0 Å². The third-order valence-electron chi connectivity index (χ3n) is 3.12. The lowest BCUT2D eigenvalue weighted by Gasteiger charge is -2.11. The quantitative estimate of drug-likeness (QED) is 0.689. The van der Waals surface area contributed by atoms with E-state index in [4.69, 9.17) is 4.74 Å². The van der Waals surface area contributed by atoms with Crippen LogP contribution in [-0.2, 0) is 4.79 Å². The first-order chi connectivity index (χ1) is 9.63. The lowest BCUT2D eigenvalue weighted by molar-refractivity contribution is -0.124. The van der Waals surface area contributed by atoms with Gasteiger partial charge in [-0.15, -0.1) is 12.4 Å². The van der Waals surface area contributed by atoms with Crippen LogP contribution in [0.25, 0.3) is 0 Å². The fraction of sp³-hybridized carbons (Fsp3) is 0.562. The molecule has 0 spiro atoms. The lowest BCUT2D eigenvalue weighted by Crippen LogP contribution is -2.34. The number of hydrogen-bond donors (Lipinski definition) is 2. The number of halogens is 1. The van der Waals surface area contributed by atoms with Crippen LogP contribution in [-0.4, -0.2) is 32.7 Å². The monoisotopic (exact) mass is 314 g/mol. The number of amides is 1. The summed E-state index contributed by atoms with van der Waals surface area (Å²) in [7, 11) is 1.85. The first kappa shape index (κ1) is 19.7. The van der Waals surface area contributed by atoms with Crippen molar-refractivity contribution in [3.05, 3.63) is 29.8 Å². The summed E-state index contributed by atoms with van der Waals surface area (Å²) in [6, 6.07) is 8.05. The lowest BCUT2D eigenvalue weighted by atomic mass is 10.1. The highest BCUT2D eigenvalue weighted by Gasteiger charge is 2.10. The molecule has 4 nitrogen and oxygen atoms in total. The molecule has 0 saturated heterocycles. The SMILES string of the molecule is CNCC(C)C(=O)NCCCCOc1ccc(C)cc1.Cl. The summed E-state index contributed by atoms with van der Waals surface area (Å²) in [6.45, 7) is 6.09. The van der Waals surface area contributed by atoms with Gasteiger partial charge in [-0.05, 0) is 38.9 Å². The van der Waals surface area contributed by atoms with Gasteiger partial charge in [-0.1, -0.05) is 24.6 Å². The van der Waals surface area contributed by atoms with Crippen LogP contribution >= 0.6 is 12.4 Å². The van der Waals surface area contributed by atoms with E-state index in [0.717, 1.165) is 18.6 Å². The first-order valence-corrected chi connectivity index (χ1v) is 7.25. The molecule has 0 aliphatic heterocycles. The molecule has 1 rings (SSSR count). The Morgan fingerprint density at radius 3 is 2.52 bits per heavy atom. The second-order valence-corrected chi connectivity index (χ2v) is 5.12. The molecule has 1 atom stereocenters. The molecular weight excluding hydrogens is 288 g/mol. The Bertz CT molecular complexity index is 396. The Hall–Kier alpha value is -1.26. The Balaban J connectivity index is 0.00000400. The number of aryl methyl sites for hydroxylation is 1. The summed E-state index contributed by atoms with van der Waals surface area (Å²) in [6.07, 6.45) is 1.87. The second kappa shape index (κ2) is 11.4. The van der Waals surface area contributed by atoms with Crippen LogP contribution in [0.2, 0.25) is 0 Å². The molecule has 21 heavy (non-hydrogen) atoms. The van der Waals surface area contributed by atoms with Crippen LogP contribution in [0.5, 0.6) is 5.75 Å². The van der Waals surface area contributed by atoms with Gasteiger partial charge < -0.3 is 15.4 Å². The Morgan fingerprint density at radius 1 is 1.24 bits per heavy atom. The highest BCUT2D eigenvalue weighted by Crippen LogP contribution is 2.11. The van der Waals surface area contributed by atoms with Crippen LogP contribution in [0.1, 0.15) is 25.3 Å². The third-order valence-corrected chi connectivity index (χ3v) is 3.12. The summed E-state index contributed by atoms with van der Waals surface area (Å²) in [5, 5.41) is 5.94. The molecular formula is C16H27ClN2O2. The van der Waals surface area contributed by atoms with E-state index in [0.29, 0.717) is 19.7 Å². The minimum atomic E-state index is 0. The number of rotatable bonds is 9. The van der Waals surface area contributed by atoms with Gasteiger partial charge in [0.1, 0.15) is 5.75 Å². The summed E-state index contributed by atoms with van der Waals surface area (Å²) >= 11 is 0. The molecule has 0 aliphatic rings. The molecule has 0 heterocycles. The van der Waals surface area contributed by atoms with Gasteiger partial charge >= 0.3 is 0 Å². The maximum absolute atomic E-state index is 11.6. The zero-order chi connectivity index (χ0) is 14.8. The average Bonchev–Trinajstić information content (AvgIpc) is 2.44. The maximum atomic E-state index is 11.6. The third kappa shape index (κ3) is 8.58. The zero-order valence-corrected chi connectivity index (χ0v) is 14.0. The van der Waals surface area contributed by atoms with Crippen LogP contribution in [0.15, 0.2) is 24.3 Å². The number of unbranched alkanes of at least 4 members (excludes halogenated alkanes) is 1. The Kier molecular flexibility index (Phi) is 10.7. The van der Waals surface area contributed by atoms with Crippen molar-refractivity contribution in [1.29, 1.82) is 0 Å². The van der Waals surface area contributed by atoms with Gasteiger partial charge in [0.15, 0.2) is 0 Å². The number of benzene rings is 1. The molecule has 0 bridgehead atoms. The van der Waals surface area contributed by atoms with Crippen LogP contribution in [0.4, 0.5) is 0 Å². The van der Waals surface area contributed by atoms with Crippen molar-refractivity contribution in [1.82, 2.24) is 10.6 Å². The van der Waals surface area contributed by atoms with E-state index in [9.17, 15) is 4.79 Å². The molecule has 0 saturated carbocycles. The van der Waals surface area contributed by atoms with Crippen molar-refractivity contribution < 1.29 is 9.53 Å². The predicted octanol–water partition coefficient (Wildman–Crippen LogP) is 2.55. The fourth-order valence-electron chi connectivity index (χ4n) is 1.84. The van der Waals surface area contributed by atoms with E-state index in [2.05, 4.69) is 17.6 Å². The van der Waals surface area contributed by atoms with Gasteiger partial charge in [0.2, 0.25) is 5.91 Å². The largest absolute Gasteiger partial charge is 0.494 e. The average molecular weight is 315 g/mol. The van der Waals surface area contributed by atoms with Crippen molar-refractivity contribution in [2.45, 2.75) is 26.7 Å². The number of hydrogen-bond acceptors (Lipinski definition) is 3. The number of ether oxygens (including phenoxy) is 1. The van der Waals surface area contributed by atoms with Crippen molar-refractivity contribution in [3.8, 4) is 5.75 Å². The standard InChI is InChI=1S/C16H26N2O2.ClH/c1-13-6-8-15(9-7-13)20-11-5-4-10-18-16(19)14(2)12-17-3;/h6-9,14,17H,4-5,10-12H2,1-3H3,(H,18,19);1H. The van der Waals surface area contributed by atoms with Crippen molar-refractivity contribution >= 4 is 18.3 Å². The fourth-order valence-corrected chi connectivity index (χ4v) is 1.84. The molecule has 120 valence electrons. The first-order valence-electron chi connectivity index (χ1n) is 7.25. The highest BCUT2D eigenvalue weighted by molar-refractivity contribution is 5.85. The molecule has 0 fully saturated rings. The van der Waals surface area contributed by atoms with Crippen molar-refractivity contribution in [2.75, 3.05) is 26.7 Å². The minimum absolute atomic E-state index is 0.